The average molecular weight is 164 g/mol. The Labute approximate surface area is 73.4 Å². The molecule has 1 aliphatic rings. The van der Waals surface area contributed by atoms with Gasteiger partial charge in [0.05, 0.1) is 13.1 Å². The molecule has 1 rings (SSSR count). The van der Waals surface area contributed by atoms with E-state index in [4.69, 9.17) is 10.5 Å². The normalized spacial score (nSPS) is 20.8. The Morgan fingerprint density at radius 2 is 1.42 bits per heavy atom. The molecule has 0 aliphatic carbocycles. The quantitative estimate of drug-likeness (QED) is 0.452. The molecule has 0 atom stereocenters. The molecule has 0 unspecified atom stereocenters. The minimum Gasteiger partial charge on any atom is -0.300 e. The Hall–Kier alpha value is -1.06. The van der Waals surface area contributed by atoms with E-state index in [-0.39, 0.29) is 0 Å². The summed E-state index contributed by atoms with van der Waals surface area (Å²) >= 11 is 0. The monoisotopic (exact) mass is 164 g/mol. The van der Waals surface area contributed by atoms with Gasteiger partial charge in [-0.15, -0.1) is 0 Å². The lowest BCUT2D eigenvalue weighted by Gasteiger charge is -2.37. The number of nitrogens with zero attached hydrogens (tertiary/aromatic N) is 3. The molecule has 0 spiro atoms. The topological polar surface area (TPSA) is 47.6 Å². The van der Waals surface area contributed by atoms with Crippen molar-refractivity contribution in [2.45, 2.75) is 19.3 Å². The van der Waals surface area contributed by atoms with Crippen molar-refractivity contribution in [3.63, 3.8) is 0 Å². The van der Waals surface area contributed by atoms with Crippen LogP contribution in [0.1, 0.15) is 19.3 Å². The van der Waals surface area contributed by atoms with Crippen molar-refractivity contribution in [3.05, 3.63) is 0 Å². The van der Waals surface area contributed by atoms with Gasteiger partial charge in [-0.05, 0) is 19.3 Å². The zero-order valence-corrected chi connectivity index (χ0v) is 7.29. The largest absolute Gasteiger partial charge is 0.300 e. The highest BCUT2D eigenvalue weighted by atomic mass is 15.3. The van der Waals surface area contributed by atoms with E-state index < -0.39 is 0 Å². The van der Waals surface area contributed by atoms with Gasteiger partial charge in [0.15, 0.2) is 13.1 Å². The number of hydrogen-bond acceptors (Lipinski definition) is 2. The lowest BCUT2D eigenvalue weighted by atomic mass is 10.1. The van der Waals surface area contributed by atoms with Crippen LogP contribution in [0.15, 0.2) is 0 Å². The summed E-state index contributed by atoms with van der Waals surface area (Å²) in [5, 5.41) is 17.3. The molecule has 0 aromatic rings. The summed E-state index contributed by atoms with van der Waals surface area (Å²) in [5.74, 6) is 0. The summed E-state index contributed by atoms with van der Waals surface area (Å²) in [6.45, 7) is 3.05. The molecular formula is C9H14N3+. The number of likely N-dealkylation sites (tertiary alicyclic amines) is 1. The Balaban J connectivity index is 2.58. The van der Waals surface area contributed by atoms with E-state index in [2.05, 4.69) is 12.1 Å². The number of quaternary nitrogens is 1. The van der Waals surface area contributed by atoms with Crippen molar-refractivity contribution in [3.8, 4) is 12.1 Å². The first-order chi connectivity index (χ1) is 5.83. The first kappa shape index (κ1) is 9.03. The van der Waals surface area contributed by atoms with Gasteiger partial charge in [-0.3, -0.25) is 4.48 Å². The predicted octanol–water partition coefficient (Wildman–Crippen LogP) is 1.03. The zero-order valence-electron chi connectivity index (χ0n) is 7.29. The number of rotatable bonds is 2. The molecule has 0 N–H and O–H groups in total. The molecule has 12 heavy (non-hydrogen) atoms. The van der Waals surface area contributed by atoms with Crippen LogP contribution in [0, 0.1) is 22.7 Å². The minimum atomic E-state index is 0.508. The van der Waals surface area contributed by atoms with Gasteiger partial charge < -0.3 is 0 Å². The van der Waals surface area contributed by atoms with E-state index in [1.807, 2.05) is 0 Å². The first-order valence-electron chi connectivity index (χ1n) is 4.42. The molecule has 0 radical (unpaired) electrons. The van der Waals surface area contributed by atoms with E-state index in [0.717, 1.165) is 13.1 Å². The fourth-order valence-electron chi connectivity index (χ4n) is 1.86. The third-order valence-corrected chi connectivity index (χ3v) is 2.58. The van der Waals surface area contributed by atoms with Crippen molar-refractivity contribution in [1.29, 1.82) is 10.5 Å². The Morgan fingerprint density at radius 3 is 1.83 bits per heavy atom. The van der Waals surface area contributed by atoms with E-state index >= 15 is 0 Å². The van der Waals surface area contributed by atoms with Crippen molar-refractivity contribution >= 4 is 0 Å². The summed E-state index contributed by atoms with van der Waals surface area (Å²) in [6.07, 6.45) is 3.60. The molecule has 0 bridgehead atoms. The van der Waals surface area contributed by atoms with Gasteiger partial charge >= 0.3 is 0 Å². The summed E-state index contributed by atoms with van der Waals surface area (Å²) < 4.78 is 0.715. The Kier molecular flexibility index (Phi) is 3.08. The van der Waals surface area contributed by atoms with Gasteiger partial charge in [0, 0.05) is 0 Å². The Morgan fingerprint density at radius 1 is 0.917 bits per heavy atom. The minimum absolute atomic E-state index is 0.508. The molecule has 1 saturated heterocycles. The number of hydrogen-bond donors (Lipinski definition) is 0. The number of piperidine rings is 1. The van der Waals surface area contributed by atoms with Gasteiger partial charge in [-0.2, -0.15) is 10.5 Å². The zero-order chi connectivity index (χ0) is 8.86. The van der Waals surface area contributed by atoms with E-state index in [0.29, 0.717) is 17.6 Å². The van der Waals surface area contributed by atoms with Crippen LogP contribution >= 0.6 is 0 Å². The SMILES string of the molecule is N#CC[N+]1(CC#N)CCCCC1. The fraction of sp³-hybridized carbons (Fsp3) is 0.778. The Bertz CT molecular complexity index is 197. The highest BCUT2D eigenvalue weighted by molar-refractivity contribution is 4.76. The second-order valence-electron chi connectivity index (χ2n) is 3.48. The van der Waals surface area contributed by atoms with Gasteiger partial charge in [0.25, 0.3) is 0 Å². The second-order valence-corrected chi connectivity index (χ2v) is 3.48. The second kappa shape index (κ2) is 4.09. The van der Waals surface area contributed by atoms with E-state index in [1.165, 1.54) is 19.3 Å². The molecule has 64 valence electrons. The lowest BCUT2D eigenvalue weighted by Crippen LogP contribution is -2.51. The van der Waals surface area contributed by atoms with Gasteiger partial charge in [0.2, 0.25) is 0 Å². The van der Waals surface area contributed by atoms with Crippen LogP contribution in [0.5, 0.6) is 0 Å². The van der Waals surface area contributed by atoms with Crippen LogP contribution < -0.4 is 0 Å². The summed E-state index contributed by atoms with van der Waals surface area (Å²) in [5.41, 5.74) is 0. The molecular weight excluding hydrogens is 150 g/mol. The number of nitriles is 2. The highest BCUT2D eigenvalue weighted by Crippen LogP contribution is 2.17. The molecule has 3 nitrogen and oxygen atoms in total. The molecule has 1 heterocycles. The smallest absolute Gasteiger partial charge is 0.167 e. The van der Waals surface area contributed by atoms with Gasteiger partial charge in [0.1, 0.15) is 12.1 Å². The predicted molar refractivity (Wildman–Crippen MR) is 44.8 cm³/mol. The van der Waals surface area contributed by atoms with Crippen LogP contribution in [0.25, 0.3) is 0 Å². The summed E-state index contributed by atoms with van der Waals surface area (Å²) in [4.78, 5) is 0. The molecule has 3 heteroatoms. The van der Waals surface area contributed by atoms with E-state index in [9.17, 15) is 0 Å². The highest BCUT2D eigenvalue weighted by Gasteiger charge is 2.28. The van der Waals surface area contributed by atoms with Gasteiger partial charge in [-0.1, -0.05) is 0 Å². The molecule has 0 aromatic carbocycles. The third-order valence-electron chi connectivity index (χ3n) is 2.58. The fourth-order valence-corrected chi connectivity index (χ4v) is 1.86. The first-order valence-corrected chi connectivity index (χ1v) is 4.42. The maximum Gasteiger partial charge on any atom is 0.167 e. The summed E-state index contributed by atoms with van der Waals surface area (Å²) in [6, 6.07) is 4.37. The molecule has 0 saturated carbocycles. The molecule has 1 aliphatic heterocycles. The van der Waals surface area contributed by atoms with Crippen molar-refractivity contribution in [2.24, 2.45) is 0 Å². The third kappa shape index (κ3) is 1.96. The van der Waals surface area contributed by atoms with Gasteiger partial charge in [-0.25, -0.2) is 0 Å². The van der Waals surface area contributed by atoms with Crippen LogP contribution in [0.3, 0.4) is 0 Å². The molecule has 0 amide bonds. The van der Waals surface area contributed by atoms with E-state index in [1.54, 1.807) is 0 Å². The maximum absolute atomic E-state index is 8.64. The maximum atomic E-state index is 8.64. The van der Waals surface area contributed by atoms with Crippen molar-refractivity contribution in [1.82, 2.24) is 0 Å². The molecule has 0 aromatic heterocycles. The van der Waals surface area contributed by atoms with Crippen molar-refractivity contribution < 1.29 is 4.48 Å². The van der Waals surface area contributed by atoms with Crippen LogP contribution in [0.2, 0.25) is 0 Å². The summed E-state index contributed by atoms with van der Waals surface area (Å²) in [7, 11) is 0. The lowest BCUT2D eigenvalue weighted by molar-refractivity contribution is -0.919. The van der Waals surface area contributed by atoms with Crippen LogP contribution in [-0.4, -0.2) is 30.7 Å². The van der Waals surface area contributed by atoms with Crippen LogP contribution in [0.4, 0.5) is 0 Å². The molecule has 1 fully saturated rings. The van der Waals surface area contributed by atoms with Crippen molar-refractivity contribution in [2.75, 3.05) is 26.2 Å². The van der Waals surface area contributed by atoms with Crippen LogP contribution in [-0.2, 0) is 0 Å². The standard InChI is InChI=1S/C9H14N3/c10-4-8-12(9-5-11)6-2-1-3-7-12/h1-3,6-9H2/q+1. The average Bonchev–Trinajstić information content (AvgIpc) is 2.07.